The number of hydrogen-bond acceptors (Lipinski definition) is 2. The fraction of sp³-hybridized carbons (Fsp3) is 0.133. The molecular weight excluding hydrogens is 323 g/mol. The van der Waals surface area contributed by atoms with Crippen molar-refractivity contribution in [2.75, 3.05) is 0 Å². The summed E-state index contributed by atoms with van der Waals surface area (Å²) in [6, 6.07) is 13.4. The van der Waals surface area contributed by atoms with E-state index in [2.05, 4.69) is 9.98 Å². The molecule has 1 amide bonds. The number of pyridine rings is 1. The lowest BCUT2D eigenvalue weighted by molar-refractivity contribution is -0.119. The van der Waals surface area contributed by atoms with Crippen LogP contribution < -0.4 is 11.5 Å². The number of benzene rings is 1. The molecule has 1 aromatic heterocycles. The van der Waals surface area contributed by atoms with Crippen LogP contribution in [0.15, 0.2) is 59.9 Å². The maximum absolute atomic E-state index is 12.2. The van der Waals surface area contributed by atoms with Crippen molar-refractivity contribution in [3.05, 3.63) is 66.0 Å². The summed E-state index contributed by atoms with van der Waals surface area (Å²) in [4.78, 5) is 19.9. The number of carbonyl (C=O) groups is 1. The Morgan fingerprint density at radius 3 is 2.32 bits per heavy atom. The highest BCUT2D eigenvalue weighted by atomic mass is 35.5. The van der Waals surface area contributed by atoms with Crippen molar-refractivity contribution in [3.63, 3.8) is 0 Å². The molecule has 0 radical (unpaired) electrons. The highest BCUT2D eigenvalue weighted by molar-refractivity contribution is 5.95. The molecular formula is C15H18Cl2N4O. The molecule has 22 heavy (non-hydrogen) atoms. The van der Waals surface area contributed by atoms with Crippen LogP contribution >= 0.6 is 24.8 Å². The number of rotatable bonds is 4. The molecule has 118 valence electrons. The van der Waals surface area contributed by atoms with Crippen LogP contribution in [0.2, 0.25) is 0 Å². The molecule has 0 bridgehead atoms. The third kappa shape index (κ3) is 5.71. The number of aromatic nitrogens is 1. The van der Waals surface area contributed by atoms with Crippen molar-refractivity contribution in [3.8, 4) is 0 Å². The number of carbonyl (C=O) groups excluding carboxylic acids is 1. The first-order valence-corrected chi connectivity index (χ1v) is 6.24. The first kappa shape index (κ1) is 19.9. The lowest BCUT2D eigenvalue weighted by atomic mass is 9.92. The first-order valence-electron chi connectivity index (χ1n) is 6.24. The minimum absolute atomic E-state index is 0. The number of amides is 1. The molecule has 0 spiro atoms. The predicted octanol–water partition coefficient (Wildman–Crippen LogP) is 2.05. The molecule has 0 saturated heterocycles. The first-order chi connectivity index (χ1) is 9.66. The van der Waals surface area contributed by atoms with Gasteiger partial charge in [-0.05, 0) is 23.6 Å². The van der Waals surface area contributed by atoms with Gasteiger partial charge in [-0.2, -0.15) is 4.99 Å². The molecule has 1 aromatic carbocycles. The van der Waals surface area contributed by atoms with E-state index >= 15 is 0 Å². The Morgan fingerprint density at radius 2 is 1.77 bits per heavy atom. The molecule has 7 heteroatoms. The largest absolute Gasteiger partial charge is 0.370 e. The number of nitrogens with zero attached hydrogens (tertiary/aromatic N) is 2. The lowest BCUT2D eigenvalue weighted by Gasteiger charge is -2.13. The second-order valence-corrected chi connectivity index (χ2v) is 4.40. The number of nitrogens with two attached hydrogens (primary N) is 2. The van der Waals surface area contributed by atoms with E-state index in [-0.39, 0.29) is 36.7 Å². The average molecular weight is 341 g/mol. The minimum atomic E-state index is -0.437. The van der Waals surface area contributed by atoms with Gasteiger partial charge in [0, 0.05) is 12.4 Å². The standard InChI is InChI=1S/C15H16N4O.2ClH/c16-15(17)19-14(20)13(12-7-4-8-18-10-12)9-11-5-2-1-3-6-11;;/h1-8,10,13H,9H2,(H4,16,17,19,20);2*1H. The maximum Gasteiger partial charge on any atom is 0.256 e. The van der Waals surface area contributed by atoms with E-state index in [9.17, 15) is 4.79 Å². The van der Waals surface area contributed by atoms with Gasteiger partial charge in [0.2, 0.25) is 0 Å². The van der Waals surface area contributed by atoms with E-state index in [0.29, 0.717) is 6.42 Å². The highest BCUT2D eigenvalue weighted by Crippen LogP contribution is 2.21. The summed E-state index contributed by atoms with van der Waals surface area (Å²) >= 11 is 0. The second kappa shape index (κ2) is 9.76. The predicted molar refractivity (Wildman–Crippen MR) is 92.4 cm³/mol. The molecule has 0 aliphatic rings. The highest BCUT2D eigenvalue weighted by Gasteiger charge is 2.21. The molecule has 0 saturated carbocycles. The summed E-state index contributed by atoms with van der Waals surface area (Å²) in [6.45, 7) is 0. The third-order valence-electron chi connectivity index (χ3n) is 2.91. The zero-order chi connectivity index (χ0) is 14.4. The van der Waals surface area contributed by atoms with Crippen LogP contribution in [-0.2, 0) is 11.2 Å². The Kier molecular flexibility index (Phi) is 8.82. The van der Waals surface area contributed by atoms with Gasteiger partial charge in [-0.25, -0.2) is 0 Å². The van der Waals surface area contributed by atoms with Crippen LogP contribution in [0.4, 0.5) is 0 Å². The van der Waals surface area contributed by atoms with Crippen molar-refractivity contribution in [2.24, 2.45) is 16.5 Å². The molecule has 5 nitrogen and oxygen atoms in total. The zero-order valence-corrected chi connectivity index (χ0v) is 13.4. The van der Waals surface area contributed by atoms with Gasteiger partial charge in [-0.15, -0.1) is 24.8 Å². The van der Waals surface area contributed by atoms with E-state index in [1.807, 2.05) is 36.4 Å². The Hall–Kier alpha value is -2.11. The maximum atomic E-state index is 12.2. The fourth-order valence-electron chi connectivity index (χ4n) is 1.98. The van der Waals surface area contributed by atoms with Crippen molar-refractivity contribution < 1.29 is 4.79 Å². The van der Waals surface area contributed by atoms with Crippen molar-refractivity contribution >= 4 is 36.7 Å². The zero-order valence-electron chi connectivity index (χ0n) is 11.8. The number of halogens is 2. The van der Waals surface area contributed by atoms with Gasteiger partial charge in [0.25, 0.3) is 5.91 Å². The summed E-state index contributed by atoms with van der Waals surface area (Å²) in [5, 5.41) is 0. The SMILES string of the molecule is Cl.Cl.NC(N)=NC(=O)C(Cc1ccccc1)c1cccnc1. The Labute approximate surface area is 141 Å². The van der Waals surface area contributed by atoms with Crippen LogP contribution in [0.1, 0.15) is 17.0 Å². The lowest BCUT2D eigenvalue weighted by Crippen LogP contribution is -2.26. The summed E-state index contributed by atoms with van der Waals surface area (Å²) in [5.74, 6) is -1.02. The molecule has 0 fully saturated rings. The molecule has 4 N–H and O–H groups in total. The van der Waals surface area contributed by atoms with E-state index in [1.165, 1.54) is 0 Å². The van der Waals surface area contributed by atoms with Crippen LogP contribution in [0, 0.1) is 0 Å². The van der Waals surface area contributed by atoms with Crippen molar-refractivity contribution in [2.45, 2.75) is 12.3 Å². The van der Waals surface area contributed by atoms with E-state index in [4.69, 9.17) is 11.5 Å². The molecule has 1 unspecified atom stereocenters. The quantitative estimate of drug-likeness (QED) is 0.657. The van der Waals surface area contributed by atoms with Gasteiger partial charge >= 0.3 is 0 Å². The van der Waals surface area contributed by atoms with Crippen molar-refractivity contribution in [1.29, 1.82) is 0 Å². The smallest absolute Gasteiger partial charge is 0.256 e. The Balaban J connectivity index is 0.00000220. The molecule has 1 atom stereocenters. The van der Waals surface area contributed by atoms with Crippen LogP contribution in [0.5, 0.6) is 0 Å². The summed E-state index contributed by atoms with van der Waals surface area (Å²) in [5.41, 5.74) is 12.4. The van der Waals surface area contributed by atoms with E-state index in [0.717, 1.165) is 11.1 Å². The average Bonchev–Trinajstić information content (AvgIpc) is 2.46. The van der Waals surface area contributed by atoms with Gasteiger partial charge in [0.15, 0.2) is 5.96 Å². The Bertz CT molecular complexity index is 601. The normalized spacial score (nSPS) is 10.5. The van der Waals surface area contributed by atoms with Gasteiger partial charge in [-0.1, -0.05) is 36.4 Å². The van der Waals surface area contributed by atoms with Gasteiger partial charge in [0.05, 0.1) is 5.92 Å². The van der Waals surface area contributed by atoms with Crippen LogP contribution in [0.25, 0.3) is 0 Å². The topological polar surface area (TPSA) is 94.4 Å². The number of hydrogen-bond donors (Lipinski definition) is 2. The second-order valence-electron chi connectivity index (χ2n) is 4.40. The molecule has 1 heterocycles. The fourth-order valence-corrected chi connectivity index (χ4v) is 1.98. The van der Waals surface area contributed by atoms with E-state index < -0.39 is 5.92 Å². The van der Waals surface area contributed by atoms with Gasteiger partial charge < -0.3 is 11.5 Å². The summed E-state index contributed by atoms with van der Waals surface area (Å²) in [6.07, 6.45) is 3.85. The molecule has 0 aliphatic heterocycles. The van der Waals surface area contributed by atoms with E-state index in [1.54, 1.807) is 18.5 Å². The Morgan fingerprint density at radius 1 is 1.09 bits per heavy atom. The number of guanidine groups is 1. The van der Waals surface area contributed by atoms with Crippen LogP contribution in [0.3, 0.4) is 0 Å². The van der Waals surface area contributed by atoms with Gasteiger partial charge in [0.1, 0.15) is 0 Å². The van der Waals surface area contributed by atoms with Crippen molar-refractivity contribution in [1.82, 2.24) is 4.98 Å². The number of aliphatic imine (C=N–C) groups is 1. The molecule has 2 rings (SSSR count). The molecule has 2 aromatic rings. The third-order valence-corrected chi connectivity index (χ3v) is 2.91. The molecule has 0 aliphatic carbocycles. The summed E-state index contributed by atoms with van der Waals surface area (Å²) < 4.78 is 0. The summed E-state index contributed by atoms with van der Waals surface area (Å²) in [7, 11) is 0. The van der Waals surface area contributed by atoms with Gasteiger partial charge in [-0.3, -0.25) is 9.78 Å². The van der Waals surface area contributed by atoms with Crippen LogP contribution in [-0.4, -0.2) is 16.9 Å². The minimum Gasteiger partial charge on any atom is -0.370 e. The monoisotopic (exact) mass is 340 g/mol.